The van der Waals surface area contributed by atoms with E-state index in [1.165, 1.54) is 0 Å². The van der Waals surface area contributed by atoms with Gasteiger partial charge in [0.15, 0.2) is 5.69 Å². The molecule has 1 aromatic heterocycles. The van der Waals surface area contributed by atoms with Gasteiger partial charge >= 0.3 is 0 Å². The second kappa shape index (κ2) is 5.07. The molecule has 0 amide bonds. The molecular weight excluding hydrogens is 248 g/mol. The van der Waals surface area contributed by atoms with Crippen LogP contribution in [0.2, 0.25) is 5.02 Å². The van der Waals surface area contributed by atoms with E-state index < -0.39 is 0 Å². The van der Waals surface area contributed by atoms with Gasteiger partial charge in [0.2, 0.25) is 0 Å². The summed E-state index contributed by atoms with van der Waals surface area (Å²) in [5, 5.41) is 9.27. The van der Waals surface area contributed by atoms with E-state index in [2.05, 4.69) is 4.98 Å². The molecule has 0 saturated carbocycles. The third-order valence-electron chi connectivity index (χ3n) is 2.75. The van der Waals surface area contributed by atoms with E-state index >= 15 is 0 Å². The van der Waals surface area contributed by atoms with Crippen molar-refractivity contribution < 1.29 is 4.74 Å². The number of hydrogen-bond acceptors (Lipinski definition) is 3. The minimum Gasteiger partial charge on any atom is -0.497 e. The monoisotopic (exact) mass is 258 g/mol. The summed E-state index contributed by atoms with van der Waals surface area (Å²) in [6.45, 7) is 1.87. The molecule has 18 heavy (non-hydrogen) atoms. The molecule has 0 fully saturated rings. The largest absolute Gasteiger partial charge is 0.497 e. The van der Waals surface area contributed by atoms with Crippen molar-refractivity contribution in [2.24, 2.45) is 0 Å². The molecule has 90 valence electrons. The van der Waals surface area contributed by atoms with Gasteiger partial charge in [-0.15, -0.1) is 0 Å². The lowest BCUT2D eigenvalue weighted by atomic mass is 10.0. The Hall–Kier alpha value is -2.05. The van der Waals surface area contributed by atoms with Crippen molar-refractivity contribution >= 4 is 11.6 Å². The van der Waals surface area contributed by atoms with Gasteiger partial charge in [0, 0.05) is 11.8 Å². The van der Waals surface area contributed by atoms with Crippen LogP contribution >= 0.6 is 11.6 Å². The van der Waals surface area contributed by atoms with Crippen LogP contribution in [-0.4, -0.2) is 12.1 Å². The van der Waals surface area contributed by atoms with Gasteiger partial charge in [-0.05, 0) is 30.2 Å². The fourth-order valence-electron chi connectivity index (χ4n) is 1.74. The van der Waals surface area contributed by atoms with Crippen LogP contribution in [-0.2, 0) is 0 Å². The Morgan fingerprint density at radius 2 is 2.17 bits per heavy atom. The lowest BCUT2D eigenvalue weighted by Crippen LogP contribution is -1.92. The maximum Gasteiger partial charge on any atom is 0.159 e. The number of hydrogen-bond donors (Lipinski definition) is 0. The van der Waals surface area contributed by atoms with Gasteiger partial charge in [0.1, 0.15) is 11.8 Å². The minimum atomic E-state index is 0.251. The topological polar surface area (TPSA) is 45.9 Å². The Labute approximate surface area is 111 Å². The smallest absolute Gasteiger partial charge is 0.159 e. The van der Waals surface area contributed by atoms with Gasteiger partial charge in [0.25, 0.3) is 0 Å². The van der Waals surface area contributed by atoms with Crippen LogP contribution in [0.5, 0.6) is 5.75 Å². The number of methoxy groups -OCH3 is 1. The molecule has 4 heteroatoms. The number of benzene rings is 1. The summed E-state index contributed by atoms with van der Waals surface area (Å²) in [7, 11) is 1.62. The summed E-state index contributed by atoms with van der Waals surface area (Å²) < 4.78 is 5.19. The van der Waals surface area contributed by atoms with E-state index in [1.807, 2.05) is 37.3 Å². The normalized spacial score (nSPS) is 9.89. The van der Waals surface area contributed by atoms with Gasteiger partial charge in [-0.3, -0.25) is 0 Å². The number of halogens is 1. The Morgan fingerprint density at radius 3 is 2.83 bits per heavy atom. The van der Waals surface area contributed by atoms with E-state index in [4.69, 9.17) is 21.6 Å². The Bertz CT molecular complexity index is 632. The SMILES string of the molecule is COc1cccc(-c2cnc(C#N)c(Cl)c2C)c1. The van der Waals surface area contributed by atoms with Crippen LogP contribution in [0.4, 0.5) is 0 Å². The number of nitrogens with zero attached hydrogens (tertiary/aromatic N) is 2. The maximum atomic E-state index is 8.87. The quantitative estimate of drug-likeness (QED) is 0.827. The molecule has 1 aromatic carbocycles. The lowest BCUT2D eigenvalue weighted by molar-refractivity contribution is 0.415. The van der Waals surface area contributed by atoms with Crippen LogP contribution in [0, 0.1) is 18.3 Å². The first-order chi connectivity index (χ1) is 8.67. The number of nitriles is 1. The van der Waals surface area contributed by atoms with Crippen LogP contribution < -0.4 is 4.74 Å². The van der Waals surface area contributed by atoms with Crippen molar-refractivity contribution in [1.29, 1.82) is 5.26 Å². The van der Waals surface area contributed by atoms with Crippen molar-refractivity contribution in [2.45, 2.75) is 6.92 Å². The van der Waals surface area contributed by atoms with E-state index in [0.29, 0.717) is 5.02 Å². The maximum absolute atomic E-state index is 8.87. The van der Waals surface area contributed by atoms with Gasteiger partial charge in [-0.2, -0.15) is 5.26 Å². The molecule has 2 rings (SSSR count). The van der Waals surface area contributed by atoms with Crippen molar-refractivity contribution in [2.75, 3.05) is 7.11 Å². The fourth-order valence-corrected chi connectivity index (χ4v) is 1.93. The standard InChI is InChI=1S/C14H11ClN2O/c1-9-12(8-17-13(7-16)14(9)15)10-4-3-5-11(6-10)18-2/h3-6,8H,1-2H3. The zero-order chi connectivity index (χ0) is 13.1. The highest BCUT2D eigenvalue weighted by atomic mass is 35.5. The third kappa shape index (κ3) is 2.15. The second-order valence-electron chi connectivity index (χ2n) is 3.80. The first-order valence-electron chi connectivity index (χ1n) is 5.37. The predicted molar refractivity (Wildman–Crippen MR) is 70.7 cm³/mol. The summed E-state index contributed by atoms with van der Waals surface area (Å²) in [6, 6.07) is 9.61. The van der Waals surface area contributed by atoms with Crippen molar-refractivity contribution in [1.82, 2.24) is 4.98 Å². The summed E-state index contributed by atoms with van der Waals surface area (Å²) >= 11 is 6.11. The van der Waals surface area contributed by atoms with Crippen LogP contribution in [0.15, 0.2) is 30.5 Å². The minimum absolute atomic E-state index is 0.251. The molecule has 0 saturated heterocycles. The average molecular weight is 259 g/mol. The lowest BCUT2D eigenvalue weighted by Gasteiger charge is -2.09. The van der Waals surface area contributed by atoms with E-state index in [-0.39, 0.29) is 5.69 Å². The molecule has 0 bridgehead atoms. The molecule has 3 nitrogen and oxygen atoms in total. The van der Waals surface area contributed by atoms with Gasteiger partial charge < -0.3 is 4.74 Å². The van der Waals surface area contributed by atoms with Crippen LogP contribution in [0.1, 0.15) is 11.3 Å². The van der Waals surface area contributed by atoms with E-state index in [0.717, 1.165) is 22.4 Å². The zero-order valence-corrected chi connectivity index (χ0v) is 10.8. The van der Waals surface area contributed by atoms with Gasteiger partial charge in [-0.25, -0.2) is 4.98 Å². The summed E-state index contributed by atoms with van der Waals surface area (Å²) in [5.74, 6) is 0.771. The zero-order valence-electron chi connectivity index (χ0n) is 10.1. The van der Waals surface area contributed by atoms with Gasteiger partial charge in [0.05, 0.1) is 12.1 Å². The molecule has 0 aliphatic rings. The molecule has 0 aliphatic heterocycles. The predicted octanol–water partition coefficient (Wildman–Crippen LogP) is 3.59. The van der Waals surface area contributed by atoms with Crippen molar-refractivity contribution in [3.8, 4) is 22.9 Å². The Kier molecular flexibility index (Phi) is 3.50. The first-order valence-corrected chi connectivity index (χ1v) is 5.74. The van der Waals surface area contributed by atoms with Crippen molar-refractivity contribution in [3.63, 3.8) is 0 Å². The summed E-state index contributed by atoms with van der Waals surface area (Å²) in [5.41, 5.74) is 2.96. The molecule has 1 heterocycles. The molecule has 2 aromatic rings. The molecule has 0 radical (unpaired) electrons. The Balaban J connectivity index is 2.58. The van der Waals surface area contributed by atoms with Crippen molar-refractivity contribution in [3.05, 3.63) is 46.7 Å². The van der Waals surface area contributed by atoms with Crippen LogP contribution in [0.25, 0.3) is 11.1 Å². The second-order valence-corrected chi connectivity index (χ2v) is 4.18. The van der Waals surface area contributed by atoms with E-state index in [9.17, 15) is 0 Å². The molecule has 0 N–H and O–H groups in total. The summed E-state index contributed by atoms with van der Waals surface area (Å²) in [6.07, 6.45) is 1.66. The molecule has 0 spiro atoms. The Morgan fingerprint density at radius 1 is 1.39 bits per heavy atom. The molecule has 0 atom stereocenters. The number of pyridine rings is 1. The highest BCUT2D eigenvalue weighted by molar-refractivity contribution is 6.32. The molecule has 0 aliphatic carbocycles. The highest BCUT2D eigenvalue weighted by Crippen LogP contribution is 2.31. The van der Waals surface area contributed by atoms with Gasteiger partial charge in [-0.1, -0.05) is 23.7 Å². The molecule has 0 unspecified atom stereocenters. The average Bonchev–Trinajstić information content (AvgIpc) is 2.42. The number of aromatic nitrogens is 1. The third-order valence-corrected chi connectivity index (χ3v) is 3.21. The van der Waals surface area contributed by atoms with Crippen LogP contribution in [0.3, 0.4) is 0 Å². The highest BCUT2D eigenvalue weighted by Gasteiger charge is 2.11. The number of ether oxygens (including phenoxy) is 1. The summed E-state index contributed by atoms with van der Waals surface area (Å²) in [4.78, 5) is 4.06. The van der Waals surface area contributed by atoms with E-state index in [1.54, 1.807) is 13.3 Å². The number of rotatable bonds is 2. The molecular formula is C14H11ClN2O. The first kappa shape index (κ1) is 12.4. The fraction of sp³-hybridized carbons (Fsp3) is 0.143.